The van der Waals surface area contributed by atoms with Crippen LogP contribution in [0.4, 0.5) is 0 Å². The molecule has 5 heteroatoms. The van der Waals surface area contributed by atoms with Gasteiger partial charge in [0.05, 0.1) is 18.3 Å². The summed E-state index contributed by atoms with van der Waals surface area (Å²) in [6.45, 7) is 11.0. The molecule has 0 aromatic carbocycles. The first-order valence-electron chi connectivity index (χ1n) is 12.7. The average molecular weight is 435 g/mol. The van der Waals surface area contributed by atoms with Gasteiger partial charge in [-0.3, -0.25) is 4.79 Å². The maximum absolute atomic E-state index is 12.0. The zero-order valence-corrected chi connectivity index (χ0v) is 19.7. The molecule has 5 nitrogen and oxygen atoms in total. The number of hydrogen-bond donors (Lipinski definition) is 4. The summed E-state index contributed by atoms with van der Waals surface area (Å²) in [5, 5.41) is 35.9. The monoisotopic (exact) mass is 434 g/mol. The molecule has 0 spiro atoms. The van der Waals surface area contributed by atoms with Crippen molar-refractivity contribution < 1.29 is 20.1 Å². The molecule has 4 fully saturated rings. The van der Waals surface area contributed by atoms with Gasteiger partial charge in [-0.1, -0.05) is 20.8 Å². The maximum Gasteiger partial charge on any atom is 0.217 e. The molecule has 11 atom stereocenters. The second kappa shape index (κ2) is 8.61. The smallest absolute Gasteiger partial charge is 0.217 e. The number of aliphatic hydroxyl groups excluding tert-OH is 3. The minimum atomic E-state index is -0.364. The van der Waals surface area contributed by atoms with Crippen molar-refractivity contribution in [1.29, 1.82) is 0 Å². The molecule has 4 rings (SSSR count). The van der Waals surface area contributed by atoms with Gasteiger partial charge in [-0.2, -0.15) is 0 Å². The lowest BCUT2D eigenvalue weighted by molar-refractivity contribution is -0.207. The van der Waals surface area contributed by atoms with E-state index in [0.29, 0.717) is 42.6 Å². The molecule has 1 amide bonds. The van der Waals surface area contributed by atoms with E-state index in [1.54, 1.807) is 0 Å². The third-order valence-electron chi connectivity index (χ3n) is 10.7. The molecule has 4 saturated carbocycles. The molecule has 0 aliphatic heterocycles. The second-order valence-corrected chi connectivity index (χ2v) is 11.9. The quantitative estimate of drug-likeness (QED) is 0.500. The van der Waals surface area contributed by atoms with E-state index in [0.717, 1.165) is 51.4 Å². The summed E-state index contributed by atoms with van der Waals surface area (Å²) >= 11 is 0. The SMILES string of the molecule is [CH2-]CNC(=O)CC[C@@H](C)[C@H]1CC[C@H]2[C@@H]3[C@H](O)C[C@@H]4C[C@H](O)CC[C@]4(C)[C@H]3C[C@H](O)[C@]12C. The van der Waals surface area contributed by atoms with Gasteiger partial charge in [0.25, 0.3) is 0 Å². The molecule has 0 radical (unpaired) electrons. The van der Waals surface area contributed by atoms with Crippen LogP contribution in [0.3, 0.4) is 0 Å². The Balaban J connectivity index is 1.54. The highest BCUT2D eigenvalue weighted by atomic mass is 16.3. The predicted molar refractivity (Wildman–Crippen MR) is 121 cm³/mol. The van der Waals surface area contributed by atoms with Gasteiger partial charge in [-0.25, -0.2) is 0 Å². The number of nitrogens with one attached hydrogen (secondary N) is 1. The van der Waals surface area contributed by atoms with Gasteiger partial charge < -0.3 is 27.6 Å². The average Bonchev–Trinajstić information content (AvgIpc) is 3.07. The minimum absolute atomic E-state index is 0.0620. The van der Waals surface area contributed by atoms with Gasteiger partial charge in [0.1, 0.15) is 0 Å². The topological polar surface area (TPSA) is 89.8 Å². The Morgan fingerprint density at radius 1 is 1.10 bits per heavy atom. The molecule has 178 valence electrons. The number of hydrogen-bond acceptors (Lipinski definition) is 4. The standard InChI is InChI=1S/C26H44NO4/c1-5-27-23(31)9-6-15(2)18-7-8-19-24-20(14-22(30)26(18,19)4)25(3)11-10-17(28)12-16(25)13-21(24)29/h15-22,24,28-30H,1,5-14H2,2-4H3,(H,27,31)/q-1/t15-,16+,17-,18-,19+,20+,21-,22+,24+,25+,26-/m1/s1. The fraction of sp³-hybridized carbons (Fsp3) is 0.923. The second-order valence-electron chi connectivity index (χ2n) is 11.9. The summed E-state index contributed by atoms with van der Waals surface area (Å²) < 4.78 is 0. The summed E-state index contributed by atoms with van der Waals surface area (Å²) in [4.78, 5) is 12.0. The van der Waals surface area contributed by atoms with Crippen LogP contribution in [0.5, 0.6) is 0 Å². The highest BCUT2D eigenvalue weighted by Gasteiger charge is 2.65. The van der Waals surface area contributed by atoms with Crippen LogP contribution in [0, 0.1) is 53.3 Å². The number of amides is 1. The maximum atomic E-state index is 12.0. The molecule has 31 heavy (non-hydrogen) atoms. The van der Waals surface area contributed by atoms with Crippen molar-refractivity contribution in [3.8, 4) is 0 Å². The first-order valence-corrected chi connectivity index (χ1v) is 12.7. The summed E-state index contributed by atoms with van der Waals surface area (Å²) in [6.07, 6.45) is 6.76. The molecule has 4 aliphatic carbocycles. The van der Waals surface area contributed by atoms with Gasteiger partial charge in [-0.05, 0) is 97.7 Å². The molecular weight excluding hydrogens is 390 g/mol. The summed E-state index contributed by atoms with van der Waals surface area (Å²) in [5.41, 5.74) is -0.0802. The third-order valence-corrected chi connectivity index (χ3v) is 10.7. The fourth-order valence-corrected chi connectivity index (χ4v) is 8.92. The Bertz CT molecular complexity index is 670. The third kappa shape index (κ3) is 3.77. The predicted octanol–water partition coefficient (Wildman–Crippen LogP) is 3.31. The lowest BCUT2D eigenvalue weighted by atomic mass is 9.43. The number of carbonyl (C=O) groups is 1. The van der Waals surface area contributed by atoms with E-state index in [1.165, 1.54) is 0 Å². The van der Waals surface area contributed by atoms with Crippen molar-refractivity contribution in [1.82, 2.24) is 5.32 Å². The highest BCUT2D eigenvalue weighted by molar-refractivity contribution is 5.75. The van der Waals surface area contributed by atoms with Crippen LogP contribution >= 0.6 is 0 Å². The zero-order valence-electron chi connectivity index (χ0n) is 19.7. The van der Waals surface area contributed by atoms with E-state index in [4.69, 9.17) is 0 Å². The number of aliphatic hydroxyl groups is 3. The van der Waals surface area contributed by atoms with E-state index >= 15 is 0 Å². The molecule has 0 aromatic rings. The van der Waals surface area contributed by atoms with Gasteiger partial charge >= 0.3 is 0 Å². The Kier molecular flexibility index (Phi) is 6.53. The summed E-state index contributed by atoms with van der Waals surface area (Å²) in [7, 11) is 0. The molecule has 4 N–H and O–H groups in total. The van der Waals surface area contributed by atoms with Crippen molar-refractivity contribution in [3.05, 3.63) is 6.92 Å². The van der Waals surface area contributed by atoms with E-state index in [1.807, 2.05) is 0 Å². The molecule has 4 aliphatic rings. The first kappa shape index (κ1) is 23.5. The van der Waals surface area contributed by atoms with E-state index < -0.39 is 0 Å². The van der Waals surface area contributed by atoms with Gasteiger partial charge in [0.15, 0.2) is 0 Å². The molecule has 0 unspecified atom stereocenters. The Labute approximate surface area is 188 Å². The molecular formula is C26H44NO4-. The number of fused-ring (bicyclic) bond motifs is 5. The van der Waals surface area contributed by atoms with Crippen LogP contribution in [-0.4, -0.2) is 46.1 Å². The van der Waals surface area contributed by atoms with E-state index in [9.17, 15) is 20.1 Å². The van der Waals surface area contributed by atoms with E-state index in [2.05, 4.69) is 33.0 Å². The van der Waals surface area contributed by atoms with Crippen molar-refractivity contribution in [2.75, 3.05) is 6.54 Å². The van der Waals surface area contributed by atoms with Crippen LogP contribution in [0.2, 0.25) is 0 Å². The number of carbonyl (C=O) groups excluding carboxylic acids is 1. The lowest BCUT2D eigenvalue weighted by Gasteiger charge is -2.63. The van der Waals surface area contributed by atoms with Crippen molar-refractivity contribution in [2.24, 2.45) is 46.3 Å². The zero-order chi connectivity index (χ0) is 22.6. The van der Waals surface area contributed by atoms with Crippen molar-refractivity contribution in [3.63, 3.8) is 0 Å². The van der Waals surface area contributed by atoms with Crippen LogP contribution in [-0.2, 0) is 4.79 Å². The largest absolute Gasteiger partial charge is 0.393 e. The lowest BCUT2D eigenvalue weighted by Crippen LogP contribution is -2.62. The summed E-state index contributed by atoms with van der Waals surface area (Å²) in [6, 6.07) is 0. The fourth-order valence-electron chi connectivity index (χ4n) is 8.92. The van der Waals surface area contributed by atoms with Crippen LogP contribution in [0.25, 0.3) is 0 Å². The van der Waals surface area contributed by atoms with E-state index in [-0.39, 0.29) is 41.0 Å². The van der Waals surface area contributed by atoms with Crippen LogP contribution in [0.1, 0.15) is 78.6 Å². The van der Waals surface area contributed by atoms with Crippen LogP contribution in [0.15, 0.2) is 0 Å². The van der Waals surface area contributed by atoms with Crippen molar-refractivity contribution >= 4 is 5.91 Å². The summed E-state index contributed by atoms with van der Waals surface area (Å²) in [5.74, 6) is 2.08. The normalized spacial score (nSPS) is 50.2. The Morgan fingerprint density at radius 2 is 1.84 bits per heavy atom. The highest BCUT2D eigenvalue weighted by Crippen LogP contribution is 2.68. The molecule has 0 aromatic heterocycles. The van der Waals surface area contributed by atoms with Gasteiger partial charge in [0, 0.05) is 6.42 Å². The molecule has 0 saturated heterocycles. The molecule has 0 heterocycles. The first-order chi connectivity index (χ1) is 14.6. The number of rotatable bonds is 5. The van der Waals surface area contributed by atoms with Crippen LogP contribution < -0.4 is 5.32 Å². The molecule has 0 bridgehead atoms. The van der Waals surface area contributed by atoms with Gasteiger partial charge in [0.2, 0.25) is 5.91 Å². The Morgan fingerprint density at radius 3 is 2.55 bits per heavy atom. The Hall–Kier alpha value is -0.650. The minimum Gasteiger partial charge on any atom is -0.393 e. The van der Waals surface area contributed by atoms with Gasteiger partial charge in [-0.15, -0.1) is 6.54 Å². The van der Waals surface area contributed by atoms with Crippen molar-refractivity contribution in [2.45, 2.75) is 96.9 Å².